The second-order valence-corrected chi connectivity index (χ2v) is 3.96. The van der Waals surface area contributed by atoms with E-state index in [0.29, 0.717) is 29.5 Å². The zero-order chi connectivity index (χ0) is 11.0. The first kappa shape index (κ1) is 10.2. The number of carbonyl (C=O) groups excluding carboxylic acids is 1. The molecule has 76 valence electrons. The summed E-state index contributed by atoms with van der Waals surface area (Å²) < 4.78 is 13.4. The van der Waals surface area contributed by atoms with Gasteiger partial charge in [-0.25, -0.2) is 4.39 Å². The van der Waals surface area contributed by atoms with Gasteiger partial charge in [-0.2, -0.15) is 17.9 Å². The van der Waals surface area contributed by atoms with Crippen LogP contribution in [-0.2, 0) is 6.42 Å². The normalized spacial score (nSPS) is 15.9. The molecule has 0 amide bonds. The quantitative estimate of drug-likeness (QED) is 0.740. The first-order chi connectivity index (χ1) is 7.15. The summed E-state index contributed by atoms with van der Waals surface area (Å²) >= 11 is 4.06. The summed E-state index contributed by atoms with van der Waals surface area (Å²) in [7, 11) is 0. The van der Waals surface area contributed by atoms with Gasteiger partial charge in [0.05, 0.1) is 6.07 Å². The molecule has 1 unspecified atom stereocenters. The van der Waals surface area contributed by atoms with E-state index in [0.717, 1.165) is 0 Å². The highest BCUT2D eigenvalue weighted by Crippen LogP contribution is 2.33. The predicted molar refractivity (Wildman–Crippen MR) is 56.4 cm³/mol. The number of rotatable bonds is 1. The van der Waals surface area contributed by atoms with Crippen LogP contribution in [0, 0.1) is 17.1 Å². The number of nitrogens with zero attached hydrogens (tertiary/aromatic N) is 1. The lowest BCUT2D eigenvalue weighted by atomic mass is 10.00. The topological polar surface area (TPSA) is 40.9 Å². The average Bonchev–Trinajstić information content (AvgIpc) is 2.62. The highest BCUT2D eigenvalue weighted by atomic mass is 32.1. The summed E-state index contributed by atoms with van der Waals surface area (Å²) in [6, 6.07) is 4.71. The Morgan fingerprint density at radius 2 is 2.20 bits per heavy atom. The largest absolute Gasteiger partial charge is 0.294 e. The van der Waals surface area contributed by atoms with E-state index >= 15 is 0 Å². The molecule has 1 aromatic carbocycles. The van der Waals surface area contributed by atoms with Crippen LogP contribution in [0.25, 0.3) is 0 Å². The summed E-state index contributed by atoms with van der Waals surface area (Å²) in [5.74, 6) is -0.452. The third kappa shape index (κ3) is 1.53. The van der Waals surface area contributed by atoms with Crippen molar-refractivity contribution in [2.45, 2.75) is 18.1 Å². The molecule has 1 aromatic rings. The van der Waals surface area contributed by atoms with Crippen molar-refractivity contribution in [2.75, 3.05) is 0 Å². The Morgan fingerprint density at radius 1 is 1.47 bits per heavy atom. The molecule has 2 rings (SSSR count). The van der Waals surface area contributed by atoms with Crippen LogP contribution in [0.5, 0.6) is 0 Å². The molecule has 0 bridgehead atoms. The van der Waals surface area contributed by atoms with Crippen LogP contribution in [0.1, 0.15) is 33.2 Å². The maximum Gasteiger partial charge on any atom is 0.163 e. The molecule has 15 heavy (non-hydrogen) atoms. The molecule has 0 aromatic heterocycles. The van der Waals surface area contributed by atoms with E-state index in [1.165, 1.54) is 12.1 Å². The number of halogens is 1. The molecular weight excluding hydrogens is 213 g/mol. The minimum Gasteiger partial charge on any atom is -0.294 e. The van der Waals surface area contributed by atoms with E-state index in [4.69, 9.17) is 5.26 Å². The number of benzene rings is 1. The Labute approximate surface area is 92.1 Å². The van der Waals surface area contributed by atoms with E-state index in [-0.39, 0.29) is 11.6 Å². The summed E-state index contributed by atoms with van der Waals surface area (Å²) in [6.07, 6.45) is 0.759. The Hall–Kier alpha value is -1.34. The first-order valence-electron chi connectivity index (χ1n) is 4.57. The molecule has 0 radical (unpaired) electrons. The van der Waals surface area contributed by atoms with Crippen LogP contribution in [0.15, 0.2) is 12.1 Å². The fourth-order valence-corrected chi connectivity index (χ4v) is 2.09. The molecule has 1 atom stereocenters. The Bertz CT molecular complexity index is 478. The van der Waals surface area contributed by atoms with Crippen LogP contribution in [0.3, 0.4) is 0 Å². The minimum absolute atomic E-state index is 0.0891. The number of Topliss-reactive ketones (excluding diaryl/α,β-unsaturated/α-hetero) is 1. The molecular formula is C11H8FNOS. The summed E-state index contributed by atoms with van der Waals surface area (Å²) in [5, 5.41) is 8.08. The predicted octanol–water partition coefficient (Wildman–Crippen LogP) is 2.45. The average molecular weight is 221 g/mol. The van der Waals surface area contributed by atoms with Gasteiger partial charge in [-0.1, -0.05) is 6.07 Å². The lowest BCUT2D eigenvalue weighted by Gasteiger charge is -2.08. The van der Waals surface area contributed by atoms with E-state index in [1.807, 2.05) is 6.07 Å². The number of ketones is 1. The number of fused-ring (bicyclic) bond motifs is 1. The highest BCUT2D eigenvalue weighted by Gasteiger charge is 2.27. The maximum absolute atomic E-state index is 13.4. The minimum atomic E-state index is -0.665. The lowest BCUT2D eigenvalue weighted by Crippen LogP contribution is -2.02. The van der Waals surface area contributed by atoms with Gasteiger partial charge >= 0.3 is 0 Å². The fourth-order valence-electron chi connectivity index (χ4n) is 1.88. The lowest BCUT2D eigenvalue weighted by molar-refractivity contribution is 0.0994. The molecule has 0 aliphatic heterocycles. The van der Waals surface area contributed by atoms with E-state index in [1.54, 1.807) is 0 Å². The van der Waals surface area contributed by atoms with Crippen molar-refractivity contribution in [1.29, 1.82) is 5.26 Å². The standard InChI is InChI=1S/C11H8FNOS/c12-8-3-1-7(10(15)5-13)11-6(8)2-4-9(11)14/h1,3,10,15H,2,4H2. The molecule has 2 nitrogen and oxygen atoms in total. The number of nitriles is 1. The van der Waals surface area contributed by atoms with Crippen LogP contribution in [-0.4, -0.2) is 5.78 Å². The van der Waals surface area contributed by atoms with Gasteiger partial charge in [0.2, 0.25) is 0 Å². The third-order valence-corrected chi connectivity index (χ3v) is 2.98. The van der Waals surface area contributed by atoms with Crippen molar-refractivity contribution in [3.05, 3.63) is 34.6 Å². The van der Waals surface area contributed by atoms with Gasteiger partial charge < -0.3 is 0 Å². The third-order valence-electron chi connectivity index (χ3n) is 2.59. The molecule has 4 heteroatoms. The molecule has 0 spiro atoms. The molecule has 1 aliphatic carbocycles. The number of carbonyl (C=O) groups is 1. The second-order valence-electron chi connectivity index (χ2n) is 3.44. The Morgan fingerprint density at radius 3 is 2.87 bits per heavy atom. The zero-order valence-corrected chi connectivity index (χ0v) is 8.72. The maximum atomic E-state index is 13.4. The van der Waals surface area contributed by atoms with E-state index in [2.05, 4.69) is 12.6 Å². The van der Waals surface area contributed by atoms with E-state index < -0.39 is 5.25 Å². The van der Waals surface area contributed by atoms with Gasteiger partial charge in [0.1, 0.15) is 11.1 Å². The monoisotopic (exact) mass is 221 g/mol. The van der Waals surface area contributed by atoms with Crippen molar-refractivity contribution in [3.8, 4) is 6.07 Å². The van der Waals surface area contributed by atoms with Crippen LogP contribution >= 0.6 is 12.6 Å². The second kappa shape index (κ2) is 3.67. The smallest absolute Gasteiger partial charge is 0.163 e. The molecule has 0 N–H and O–H groups in total. The summed E-state index contributed by atoms with van der Waals surface area (Å²) in [6.45, 7) is 0. The van der Waals surface area contributed by atoms with E-state index in [9.17, 15) is 9.18 Å². The van der Waals surface area contributed by atoms with Gasteiger partial charge in [0.15, 0.2) is 5.78 Å². The van der Waals surface area contributed by atoms with Crippen molar-refractivity contribution in [2.24, 2.45) is 0 Å². The summed E-state index contributed by atoms with van der Waals surface area (Å²) in [5.41, 5.74) is 1.34. The molecule has 0 saturated heterocycles. The number of hydrogen-bond donors (Lipinski definition) is 1. The van der Waals surface area contributed by atoms with Crippen LogP contribution in [0.2, 0.25) is 0 Å². The van der Waals surface area contributed by atoms with Gasteiger partial charge in [0.25, 0.3) is 0 Å². The molecule has 1 aliphatic rings. The molecule has 0 saturated carbocycles. The van der Waals surface area contributed by atoms with Crippen molar-refractivity contribution < 1.29 is 9.18 Å². The van der Waals surface area contributed by atoms with Crippen LogP contribution < -0.4 is 0 Å². The van der Waals surface area contributed by atoms with Gasteiger partial charge in [-0.05, 0) is 23.6 Å². The fraction of sp³-hybridized carbons (Fsp3) is 0.273. The molecule has 0 fully saturated rings. The van der Waals surface area contributed by atoms with Crippen LogP contribution in [0.4, 0.5) is 4.39 Å². The van der Waals surface area contributed by atoms with Gasteiger partial charge in [0, 0.05) is 12.0 Å². The van der Waals surface area contributed by atoms with Crippen molar-refractivity contribution >= 4 is 18.4 Å². The zero-order valence-electron chi connectivity index (χ0n) is 7.83. The Balaban J connectivity index is 2.65. The highest BCUT2D eigenvalue weighted by molar-refractivity contribution is 7.80. The number of hydrogen-bond acceptors (Lipinski definition) is 3. The van der Waals surface area contributed by atoms with Gasteiger partial charge in [-0.3, -0.25) is 4.79 Å². The Kier molecular flexibility index (Phi) is 2.49. The van der Waals surface area contributed by atoms with Gasteiger partial charge in [-0.15, -0.1) is 0 Å². The molecule has 0 heterocycles. The SMILES string of the molecule is N#CC(S)c1ccc(F)c2c1C(=O)CC2. The summed E-state index contributed by atoms with van der Waals surface area (Å²) in [4.78, 5) is 11.5. The number of thiol groups is 1. The van der Waals surface area contributed by atoms with Crippen molar-refractivity contribution in [1.82, 2.24) is 0 Å². The first-order valence-corrected chi connectivity index (χ1v) is 5.09. The van der Waals surface area contributed by atoms with Crippen molar-refractivity contribution in [3.63, 3.8) is 0 Å².